The third-order valence-electron chi connectivity index (χ3n) is 4.14. The Morgan fingerprint density at radius 1 is 0.900 bits per heavy atom. The molecule has 0 heterocycles. The molecule has 1 heteroatoms. The van der Waals surface area contributed by atoms with E-state index in [2.05, 4.69) is 50.2 Å². The smallest absolute Gasteiger partial charge is 0.0631 e. The number of aryl methyl sites for hydroxylation is 1. The first-order chi connectivity index (χ1) is 9.60. The van der Waals surface area contributed by atoms with Crippen LogP contribution in [-0.2, 0) is 11.8 Å². The molecule has 106 valence electrons. The second-order valence-corrected chi connectivity index (χ2v) is 5.98. The van der Waals surface area contributed by atoms with Gasteiger partial charge in [-0.2, -0.15) is 0 Å². The van der Waals surface area contributed by atoms with E-state index in [-0.39, 0.29) is 11.5 Å². The first-order valence-electron chi connectivity index (χ1n) is 7.38. The molecule has 0 aliphatic heterocycles. The number of hydrogen-bond donors (Lipinski definition) is 1. The number of rotatable bonds is 6. The van der Waals surface area contributed by atoms with Gasteiger partial charge in [0.25, 0.3) is 0 Å². The van der Waals surface area contributed by atoms with Crippen LogP contribution in [0.5, 0.6) is 0 Å². The lowest BCUT2D eigenvalue weighted by molar-refractivity contribution is 0.0893. The monoisotopic (exact) mass is 268 g/mol. The number of hydrogen-bond acceptors (Lipinski definition) is 1. The van der Waals surface area contributed by atoms with E-state index in [1.54, 1.807) is 0 Å². The van der Waals surface area contributed by atoms with Gasteiger partial charge in [0.15, 0.2) is 0 Å². The molecule has 0 aliphatic carbocycles. The van der Waals surface area contributed by atoms with Crippen LogP contribution in [0.3, 0.4) is 0 Å². The molecule has 0 fully saturated rings. The van der Waals surface area contributed by atoms with E-state index in [0.29, 0.717) is 0 Å². The molecule has 0 saturated carbocycles. The Kier molecular flexibility index (Phi) is 4.97. The van der Waals surface area contributed by atoms with E-state index >= 15 is 0 Å². The van der Waals surface area contributed by atoms with Gasteiger partial charge in [0, 0.05) is 5.41 Å². The predicted molar refractivity (Wildman–Crippen MR) is 84.9 cm³/mol. The molecule has 0 aliphatic rings. The summed E-state index contributed by atoms with van der Waals surface area (Å²) in [5, 5.41) is 10.5. The second kappa shape index (κ2) is 6.71. The van der Waals surface area contributed by atoms with Crippen molar-refractivity contribution >= 4 is 0 Å². The van der Waals surface area contributed by atoms with Crippen molar-refractivity contribution in [3.8, 4) is 0 Å². The maximum absolute atomic E-state index is 10.5. The molecule has 0 bridgehead atoms. The minimum Gasteiger partial charge on any atom is -0.392 e. The largest absolute Gasteiger partial charge is 0.392 e. The third kappa shape index (κ3) is 3.71. The van der Waals surface area contributed by atoms with Crippen LogP contribution in [0.25, 0.3) is 0 Å². The van der Waals surface area contributed by atoms with E-state index in [4.69, 9.17) is 0 Å². The molecule has 2 rings (SSSR count). The standard InChI is InChI=1S/C19H24O/c1-19(2,17-13-7-4-8-14-17)18(20)15-9-12-16-10-5-3-6-11-16/h3-8,10-11,13-14,18,20H,9,12,15H2,1-2H3. The molecule has 0 radical (unpaired) electrons. The van der Waals surface area contributed by atoms with Gasteiger partial charge in [-0.25, -0.2) is 0 Å². The average molecular weight is 268 g/mol. The van der Waals surface area contributed by atoms with Gasteiger partial charge in [0.1, 0.15) is 0 Å². The summed E-state index contributed by atoms with van der Waals surface area (Å²) < 4.78 is 0. The zero-order valence-electron chi connectivity index (χ0n) is 12.4. The quantitative estimate of drug-likeness (QED) is 0.826. The Labute approximate surface area is 122 Å². The Morgan fingerprint density at radius 3 is 2.05 bits per heavy atom. The summed E-state index contributed by atoms with van der Waals surface area (Å²) in [5.74, 6) is 0. The lowest BCUT2D eigenvalue weighted by Crippen LogP contribution is -2.33. The Balaban J connectivity index is 1.90. The van der Waals surface area contributed by atoms with Gasteiger partial charge < -0.3 is 5.11 Å². The molecule has 1 nitrogen and oxygen atoms in total. The lowest BCUT2D eigenvalue weighted by Gasteiger charge is -2.31. The average Bonchev–Trinajstić information content (AvgIpc) is 2.49. The SMILES string of the molecule is CC(C)(c1ccccc1)C(O)CCCc1ccccc1. The van der Waals surface area contributed by atoms with Gasteiger partial charge in [-0.3, -0.25) is 0 Å². The van der Waals surface area contributed by atoms with Crippen molar-refractivity contribution < 1.29 is 5.11 Å². The molecular formula is C19H24O. The first kappa shape index (κ1) is 14.8. The molecule has 0 aromatic heterocycles. The fraction of sp³-hybridized carbons (Fsp3) is 0.368. The molecule has 20 heavy (non-hydrogen) atoms. The Hall–Kier alpha value is -1.60. The molecule has 0 spiro atoms. The van der Waals surface area contributed by atoms with Crippen LogP contribution < -0.4 is 0 Å². The highest BCUT2D eigenvalue weighted by Crippen LogP contribution is 2.29. The maximum Gasteiger partial charge on any atom is 0.0631 e. The molecule has 1 unspecified atom stereocenters. The van der Waals surface area contributed by atoms with Gasteiger partial charge in [-0.15, -0.1) is 0 Å². The zero-order valence-corrected chi connectivity index (χ0v) is 12.4. The van der Waals surface area contributed by atoms with Crippen molar-refractivity contribution in [1.29, 1.82) is 0 Å². The fourth-order valence-corrected chi connectivity index (χ4v) is 2.57. The number of aliphatic hydroxyl groups excluding tert-OH is 1. The normalized spacial score (nSPS) is 13.2. The molecule has 1 atom stereocenters. The van der Waals surface area contributed by atoms with E-state index in [0.717, 1.165) is 19.3 Å². The first-order valence-corrected chi connectivity index (χ1v) is 7.38. The molecule has 0 amide bonds. The predicted octanol–water partition coefficient (Wildman–Crippen LogP) is 4.35. The summed E-state index contributed by atoms with van der Waals surface area (Å²) in [7, 11) is 0. The summed E-state index contributed by atoms with van der Waals surface area (Å²) in [6.45, 7) is 4.24. The number of aliphatic hydroxyl groups is 1. The topological polar surface area (TPSA) is 20.2 Å². The van der Waals surface area contributed by atoms with Crippen LogP contribution in [0.2, 0.25) is 0 Å². The zero-order chi connectivity index (χ0) is 14.4. The summed E-state index contributed by atoms with van der Waals surface area (Å²) in [6, 6.07) is 20.8. The molecule has 0 saturated heterocycles. The Morgan fingerprint density at radius 2 is 1.45 bits per heavy atom. The minimum atomic E-state index is -0.311. The number of benzene rings is 2. The van der Waals surface area contributed by atoms with Gasteiger partial charge >= 0.3 is 0 Å². The molecular weight excluding hydrogens is 244 g/mol. The highest BCUT2D eigenvalue weighted by molar-refractivity contribution is 5.25. The molecule has 1 N–H and O–H groups in total. The minimum absolute atomic E-state index is 0.196. The summed E-state index contributed by atoms with van der Waals surface area (Å²) >= 11 is 0. The van der Waals surface area contributed by atoms with Crippen LogP contribution in [0.4, 0.5) is 0 Å². The van der Waals surface area contributed by atoms with Crippen LogP contribution in [0.1, 0.15) is 37.8 Å². The maximum atomic E-state index is 10.5. The summed E-state index contributed by atoms with van der Waals surface area (Å²) in [4.78, 5) is 0. The van der Waals surface area contributed by atoms with E-state index in [9.17, 15) is 5.11 Å². The van der Waals surface area contributed by atoms with Crippen LogP contribution in [-0.4, -0.2) is 11.2 Å². The summed E-state index contributed by atoms with van der Waals surface area (Å²) in [6.07, 6.45) is 2.56. The van der Waals surface area contributed by atoms with Crippen LogP contribution >= 0.6 is 0 Å². The van der Waals surface area contributed by atoms with Gasteiger partial charge in [-0.1, -0.05) is 74.5 Å². The van der Waals surface area contributed by atoms with Crippen molar-refractivity contribution in [3.05, 3.63) is 71.8 Å². The highest BCUT2D eigenvalue weighted by Gasteiger charge is 2.28. The van der Waals surface area contributed by atoms with Crippen LogP contribution in [0.15, 0.2) is 60.7 Å². The van der Waals surface area contributed by atoms with Gasteiger partial charge in [0.2, 0.25) is 0 Å². The van der Waals surface area contributed by atoms with Gasteiger partial charge in [0.05, 0.1) is 6.10 Å². The summed E-state index contributed by atoms with van der Waals surface area (Å²) in [5.41, 5.74) is 2.35. The van der Waals surface area contributed by atoms with Crippen molar-refractivity contribution in [3.63, 3.8) is 0 Å². The van der Waals surface area contributed by atoms with Crippen molar-refractivity contribution in [2.45, 2.75) is 44.6 Å². The van der Waals surface area contributed by atoms with Crippen molar-refractivity contribution in [2.24, 2.45) is 0 Å². The van der Waals surface area contributed by atoms with Crippen molar-refractivity contribution in [1.82, 2.24) is 0 Å². The van der Waals surface area contributed by atoms with Crippen LogP contribution in [0, 0.1) is 0 Å². The second-order valence-electron chi connectivity index (χ2n) is 5.98. The fourth-order valence-electron chi connectivity index (χ4n) is 2.57. The third-order valence-corrected chi connectivity index (χ3v) is 4.14. The van der Waals surface area contributed by atoms with E-state index in [1.165, 1.54) is 11.1 Å². The van der Waals surface area contributed by atoms with Crippen molar-refractivity contribution in [2.75, 3.05) is 0 Å². The Bertz CT molecular complexity index is 502. The lowest BCUT2D eigenvalue weighted by atomic mass is 9.77. The molecule has 2 aromatic rings. The van der Waals surface area contributed by atoms with E-state index < -0.39 is 0 Å². The molecule has 2 aromatic carbocycles. The highest BCUT2D eigenvalue weighted by atomic mass is 16.3. The van der Waals surface area contributed by atoms with Gasteiger partial charge in [-0.05, 0) is 30.4 Å². The van der Waals surface area contributed by atoms with E-state index in [1.807, 2.05) is 24.3 Å².